The summed E-state index contributed by atoms with van der Waals surface area (Å²) in [6.45, 7) is 1.23. The van der Waals surface area contributed by atoms with Crippen LogP contribution in [0, 0.1) is 5.92 Å². The molecular weight excluding hydrogens is 192 g/mol. The van der Waals surface area contributed by atoms with Crippen molar-refractivity contribution in [1.82, 2.24) is 0 Å². The lowest BCUT2D eigenvalue weighted by atomic mass is 10.1. The molecule has 1 aliphatic heterocycles. The molecule has 3 rings (SSSR count). The zero-order valence-electron chi connectivity index (χ0n) is 8.31. The Morgan fingerprint density at radius 2 is 2.00 bits per heavy atom. The lowest BCUT2D eigenvalue weighted by molar-refractivity contribution is -0.108. The normalized spacial score (nSPS) is 27.2. The predicted octanol–water partition coefficient (Wildman–Crippen LogP) is 1.76. The quantitative estimate of drug-likeness (QED) is 0.688. The summed E-state index contributed by atoms with van der Waals surface area (Å²) >= 11 is 0. The molecule has 0 saturated heterocycles. The molecule has 15 heavy (non-hydrogen) atoms. The molecule has 2 atom stereocenters. The number of hydrogen-bond donors (Lipinski definition) is 0. The average molecular weight is 204 g/mol. The van der Waals surface area contributed by atoms with E-state index in [0.717, 1.165) is 24.2 Å². The van der Waals surface area contributed by atoms with Crippen molar-refractivity contribution in [3.05, 3.63) is 23.8 Å². The van der Waals surface area contributed by atoms with E-state index in [1.807, 2.05) is 18.2 Å². The number of aldehydes is 1. The van der Waals surface area contributed by atoms with Crippen LogP contribution in [-0.4, -0.2) is 19.5 Å². The third-order valence-electron chi connectivity index (χ3n) is 3.01. The summed E-state index contributed by atoms with van der Waals surface area (Å²) in [6.07, 6.45) is 2.02. The maximum atomic E-state index is 10.6. The summed E-state index contributed by atoms with van der Waals surface area (Å²) in [5.41, 5.74) is 1.19. The number of rotatable bonds is 2. The van der Waals surface area contributed by atoms with Gasteiger partial charge in [0, 0.05) is 5.92 Å². The number of carbonyl (C=O) groups is 1. The van der Waals surface area contributed by atoms with Crippen LogP contribution in [0.25, 0.3) is 0 Å². The van der Waals surface area contributed by atoms with E-state index in [0.29, 0.717) is 19.1 Å². The Hall–Kier alpha value is -1.51. The fraction of sp³-hybridized carbons (Fsp3) is 0.417. The Bertz CT molecular complexity index is 400. The first-order valence-corrected chi connectivity index (χ1v) is 5.23. The second kappa shape index (κ2) is 3.26. The smallest absolute Gasteiger partial charge is 0.161 e. The van der Waals surface area contributed by atoms with Crippen molar-refractivity contribution in [2.24, 2.45) is 5.92 Å². The highest BCUT2D eigenvalue weighted by Gasteiger charge is 2.38. The summed E-state index contributed by atoms with van der Waals surface area (Å²) in [7, 11) is 0. The molecule has 0 N–H and O–H groups in total. The zero-order chi connectivity index (χ0) is 10.3. The van der Waals surface area contributed by atoms with Gasteiger partial charge in [-0.15, -0.1) is 0 Å². The second-order valence-corrected chi connectivity index (χ2v) is 4.05. The van der Waals surface area contributed by atoms with E-state index in [2.05, 4.69) is 0 Å². The third kappa shape index (κ3) is 1.48. The molecule has 1 fully saturated rings. The Balaban J connectivity index is 1.88. The third-order valence-corrected chi connectivity index (χ3v) is 3.01. The first kappa shape index (κ1) is 8.77. The number of ether oxygens (including phenoxy) is 2. The summed E-state index contributed by atoms with van der Waals surface area (Å²) in [5.74, 6) is 2.24. The van der Waals surface area contributed by atoms with Gasteiger partial charge < -0.3 is 14.3 Å². The molecule has 3 nitrogen and oxygen atoms in total. The Morgan fingerprint density at radius 1 is 1.20 bits per heavy atom. The number of hydrogen-bond acceptors (Lipinski definition) is 3. The zero-order valence-corrected chi connectivity index (χ0v) is 8.31. The van der Waals surface area contributed by atoms with Gasteiger partial charge in [0.15, 0.2) is 11.5 Å². The first-order valence-electron chi connectivity index (χ1n) is 5.23. The highest BCUT2D eigenvalue weighted by Crippen LogP contribution is 2.47. The van der Waals surface area contributed by atoms with Crippen LogP contribution < -0.4 is 9.47 Å². The van der Waals surface area contributed by atoms with Gasteiger partial charge in [-0.3, -0.25) is 0 Å². The fourth-order valence-electron chi connectivity index (χ4n) is 2.04. The van der Waals surface area contributed by atoms with Crippen LogP contribution in [0.5, 0.6) is 11.5 Å². The predicted molar refractivity (Wildman–Crippen MR) is 54.3 cm³/mol. The highest BCUT2D eigenvalue weighted by molar-refractivity contribution is 5.62. The number of carbonyl (C=O) groups excluding carboxylic acids is 1. The van der Waals surface area contributed by atoms with Crippen LogP contribution in [0.4, 0.5) is 0 Å². The van der Waals surface area contributed by atoms with Gasteiger partial charge in [-0.25, -0.2) is 0 Å². The minimum atomic E-state index is 0.215. The molecule has 2 unspecified atom stereocenters. The van der Waals surface area contributed by atoms with Gasteiger partial charge in [-0.05, 0) is 30.0 Å². The molecule has 1 aromatic rings. The molecule has 1 aliphatic carbocycles. The molecule has 1 saturated carbocycles. The van der Waals surface area contributed by atoms with Gasteiger partial charge in [-0.1, -0.05) is 6.07 Å². The Labute approximate surface area is 88.0 Å². The van der Waals surface area contributed by atoms with E-state index in [1.54, 1.807) is 0 Å². The van der Waals surface area contributed by atoms with E-state index in [9.17, 15) is 4.79 Å². The maximum absolute atomic E-state index is 10.6. The first-order chi connectivity index (χ1) is 7.38. The van der Waals surface area contributed by atoms with Gasteiger partial charge >= 0.3 is 0 Å². The largest absolute Gasteiger partial charge is 0.486 e. The lowest BCUT2D eigenvalue weighted by Gasteiger charge is -2.18. The Morgan fingerprint density at radius 3 is 2.73 bits per heavy atom. The highest BCUT2D eigenvalue weighted by atomic mass is 16.6. The standard InChI is InChI=1S/C12H12O3/c13-7-9-5-10(9)8-1-2-11-12(6-8)15-4-3-14-11/h1-2,6-7,9-10H,3-5H2. The topological polar surface area (TPSA) is 35.5 Å². The van der Waals surface area contributed by atoms with Crippen LogP contribution in [0.1, 0.15) is 17.9 Å². The van der Waals surface area contributed by atoms with Gasteiger partial charge in [0.1, 0.15) is 19.5 Å². The molecule has 1 aromatic carbocycles. The van der Waals surface area contributed by atoms with Crippen molar-refractivity contribution in [3.8, 4) is 11.5 Å². The maximum Gasteiger partial charge on any atom is 0.161 e. The minimum absolute atomic E-state index is 0.215. The van der Waals surface area contributed by atoms with Crippen molar-refractivity contribution in [2.45, 2.75) is 12.3 Å². The molecule has 1 heterocycles. The van der Waals surface area contributed by atoms with E-state index >= 15 is 0 Å². The van der Waals surface area contributed by atoms with E-state index in [4.69, 9.17) is 9.47 Å². The number of benzene rings is 1. The van der Waals surface area contributed by atoms with E-state index in [1.165, 1.54) is 5.56 Å². The molecule has 0 spiro atoms. The monoisotopic (exact) mass is 204 g/mol. The molecule has 2 aliphatic rings. The molecule has 3 heteroatoms. The SMILES string of the molecule is O=CC1CC1c1ccc2c(c1)OCCO2. The van der Waals surface area contributed by atoms with Crippen molar-refractivity contribution in [3.63, 3.8) is 0 Å². The van der Waals surface area contributed by atoms with Crippen LogP contribution in [0.2, 0.25) is 0 Å². The fourth-order valence-corrected chi connectivity index (χ4v) is 2.04. The Kier molecular flexibility index (Phi) is 1.91. The van der Waals surface area contributed by atoms with Crippen molar-refractivity contribution in [1.29, 1.82) is 0 Å². The van der Waals surface area contributed by atoms with Gasteiger partial charge in [0.05, 0.1) is 0 Å². The minimum Gasteiger partial charge on any atom is -0.486 e. The van der Waals surface area contributed by atoms with Gasteiger partial charge in [0.25, 0.3) is 0 Å². The second-order valence-electron chi connectivity index (χ2n) is 4.05. The average Bonchev–Trinajstić information content (AvgIpc) is 3.08. The van der Waals surface area contributed by atoms with Crippen LogP contribution in [0.15, 0.2) is 18.2 Å². The summed E-state index contributed by atoms with van der Waals surface area (Å²) in [4.78, 5) is 10.6. The summed E-state index contributed by atoms with van der Waals surface area (Å²) in [5, 5.41) is 0. The van der Waals surface area contributed by atoms with Crippen LogP contribution >= 0.6 is 0 Å². The van der Waals surface area contributed by atoms with Crippen LogP contribution in [-0.2, 0) is 4.79 Å². The van der Waals surface area contributed by atoms with Crippen molar-refractivity contribution < 1.29 is 14.3 Å². The van der Waals surface area contributed by atoms with E-state index < -0.39 is 0 Å². The van der Waals surface area contributed by atoms with Crippen molar-refractivity contribution in [2.75, 3.05) is 13.2 Å². The van der Waals surface area contributed by atoms with Crippen molar-refractivity contribution >= 4 is 6.29 Å². The number of fused-ring (bicyclic) bond motifs is 1. The molecule has 0 amide bonds. The molecule has 78 valence electrons. The molecule has 0 bridgehead atoms. The molecular formula is C12H12O3. The lowest BCUT2D eigenvalue weighted by Crippen LogP contribution is -2.15. The van der Waals surface area contributed by atoms with E-state index in [-0.39, 0.29) is 5.92 Å². The van der Waals surface area contributed by atoms with Gasteiger partial charge in [-0.2, -0.15) is 0 Å². The molecule has 0 radical (unpaired) electrons. The summed E-state index contributed by atoms with van der Waals surface area (Å²) in [6, 6.07) is 5.97. The summed E-state index contributed by atoms with van der Waals surface area (Å²) < 4.78 is 10.9. The van der Waals surface area contributed by atoms with Gasteiger partial charge in [0.2, 0.25) is 0 Å². The molecule has 0 aromatic heterocycles. The van der Waals surface area contributed by atoms with Crippen LogP contribution in [0.3, 0.4) is 0 Å².